The van der Waals surface area contributed by atoms with Crippen LogP contribution in [0.15, 0.2) is 36.5 Å². The van der Waals surface area contributed by atoms with Gasteiger partial charge in [0.2, 0.25) is 0 Å². The van der Waals surface area contributed by atoms with Crippen molar-refractivity contribution in [3.8, 4) is 11.3 Å². The molecule has 1 aliphatic rings. The zero-order chi connectivity index (χ0) is 17.2. The average molecular weight is 337 g/mol. The molecule has 1 unspecified atom stereocenters. The van der Waals surface area contributed by atoms with Crippen molar-refractivity contribution in [2.75, 3.05) is 13.1 Å². The monoisotopic (exact) mass is 337 g/mol. The smallest absolute Gasteiger partial charge is 0.257 e. The third kappa shape index (κ3) is 2.90. The highest BCUT2D eigenvalue weighted by Gasteiger charge is 2.30. The minimum atomic E-state index is -0.00701. The van der Waals surface area contributed by atoms with E-state index in [-0.39, 0.29) is 11.8 Å². The van der Waals surface area contributed by atoms with Crippen molar-refractivity contribution in [1.82, 2.24) is 35.3 Å². The Hall–Kier alpha value is -3.03. The lowest BCUT2D eigenvalue weighted by molar-refractivity contribution is 0.0704. The topological polar surface area (TPSA) is 92.6 Å². The van der Waals surface area contributed by atoms with Crippen LogP contribution in [0.1, 0.15) is 34.9 Å². The first-order chi connectivity index (χ1) is 12.2. The number of aromatic nitrogens is 6. The number of rotatable bonds is 3. The summed E-state index contributed by atoms with van der Waals surface area (Å²) in [5.74, 6) is 0.977. The van der Waals surface area contributed by atoms with Crippen LogP contribution >= 0.6 is 0 Å². The summed E-state index contributed by atoms with van der Waals surface area (Å²) in [6.45, 7) is 1.35. The van der Waals surface area contributed by atoms with Gasteiger partial charge in [-0.15, -0.1) is 5.10 Å². The van der Waals surface area contributed by atoms with Gasteiger partial charge in [-0.3, -0.25) is 9.89 Å². The van der Waals surface area contributed by atoms with E-state index >= 15 is 0 Å². The number of H-pyrrole nitrogens is 1. The summed E-state index contributed by atoms with van der Waals surface area (Å²) in [5.41, 5.74) is 2.31. The highest BCUT2D eigenvalue weighted by atomic mass is 16.2. The number of likely N-dealkylation sites (tertiary alicyclic amines) is 1. The van der Waals surface area contributed by atoms with Gasteiger partial charge in [-0.25, -0.2) is 4.68 Å². The molecular weight excluding hydrogens is 318 g/mol. The van der Waals surface area contributed by atoms with E-state index in [9.17, 15) is 4.79 Å². The number of piperidine rings is 1. The Bertz CT molecular complexity index is 870. The van der Waals surface area contributed by atoms with Gasteiger partial charge in [-0.2, -0.15) is 5.10 Å². The summed E-state index contributed by atoms with van der Waals surface area (Å²) in [6, 6.07) is 9.78. The molecule has 0 radical (unpaired) electrons. The number of hydrogen-bond acceptors (Lipinski definition) is 5. The van der Waals surface area contributed by atoms with Crippen molar-refractivity contribution in [3.05, 3.63) is 47.9 Å². The van der Waals surface area contributed by atoms with Gasteiger partial charge in [-0.1, -0.05) is 30.3 Å². The first kappa shape index (κ1) is 15.5. The number of nitrogens with one attached hydrogen (secondary N) is 1. The number of aromatic amines is 1. The van der Waals surface area contributed by atoms with Gasteiger partial charge in [0.1, 0.15) is 0 Å². The van der Waals surface area contributed by atoms with Crippen LogP contribution in [0.4, 0.5) is 0 Å². The number of tetrazole rings is 1. The van der Waals surface area contributed by atoms with Gasteiger partial charge in [-0.05, 0) is 23.3 Å². The lowest BCUT2D eigenvalue weighted by Gasteiger charge is -2.31. The van der Waals surface area contributed by atoms with E-state index < -0.39 is 0 Å². The molecule has 0 aliphatic carbocycles. The minimum absolute atomic E-state index is 0.00701. The zero-order valence-electron chi connectivity index (χ0n) is 14.0. The molecule has 4 rings (SSSR count). The molecule has 1 aliphatic heterocycles. The number of aryl methyl sites for hydroxylation is 1. The fourth-order valence-corrected chi connectivity index (χ4v) is 3.40. The SMILES string of the molecule is Cn1nnnc1C1CCCN(C(=O)c2cn[nH]c2-c2ccccc2)C1. The summed E-state index contributed by atoms with van der Waals surface area (Å²) in [6.07, 6.45) is 3.52. The Kier molecular flexibility index (Phi) is 4.01. The van der Waals surface area contributed by atoms with Crippen molar-refractivity contribution < 1.29 is 4.79 Å². The lowest BCUT2D eigenvalue weighted by atomic mass is 9.96. The molecular formula is C17H19N7O. The van der Waals surface area contributed by atoms with Gasteiger partial charge >= 0.3 is 0 Å². The van der Waals surface area contributed by atoms with Crippen molar-refractivity contribution >= 4 is 5.91 Å². The van der Waals surface area contributed by atoms with Crippen molar-refractivity contribution in [2.45, 2.75) is 18.8 Å². The Labute approximate surface area is 144 Å². The molecule has 25 heavy (non-hydrogen) atoms. The van der Waals surface area contributed by atoms with E-state index in [4.69, 9.17) is 0 Å². The van der Waals surface area contributed by atoms with Gasteiger partial charge in [0.05, 0.1) is 17.5 Å². The molecule has 1 saturated heterocycles. The molecule has 1 N–H and O–H groups in total. The van der Waals surface area contributed by atoms with Crippen LogP contribution < -0.4 is 0 Å². The van der Waals surface area contributed by atoms with Crippen molar-refractivity contribution in [3.63, 3.8) is 0 Å². The molecule has 1 amide bonds. The zero-order valence-corrected chi connectivity index (χ0v) is 14.0. The van der Waals surface area contributed by atoms with Crippen molar-refractivity contribution in [2.24, 2.45) is 7.05 Å². The van der Waals surface area contributed by atoms with E-state index in [0.717, 1.165) is 36.5 Å². The fourth-order valence-electron chi connectivity index (χ4n) is 3.40. The standard InChI is InChI=1S/C17H19N7O/c1-23-16(20-21-22-23)13-8-5-9-24(11-13)17(25)14-10-18-19-15(14)12-6-3-2-4-7-12/h2-4,6-7,10,13H,5,8-9,11H2,1H3,(H,18,19). The number of carbonyl (C=O) groups excluding carboxylic acids is 1. The van der Waals surface area contributed by atoms with Crippen LogP contribution in [0, 0.1) is 0 Å². The Morgan fingerprint density at radius 2 is 2.12 bits per heavy atom. The quantitative estimate of drug-likeness (QED) is 0.784. The number of nitrogens with zero attached hydrogens (tertiary/aromatic N) is 6. The molecule has 0 saturated carbocycles. The maximum atomic E-state index is 13.1. The first-order valence-electron chi connectivity index (χ1n) is 8.34. The Balaban J connectivity index is 1.58. The van der Waals surface area contributed by atoms with Gasteiger partial charge in [0.15, 0.2) is 5.82 Å². The van der Waals surface area contributed by atoms with Crippen LogP contribution in [0.5, 0.6) is 0 Å². The maximum Gasteiger partial charge on any atom is 0.257 e. The van der Waals surface area contributed by atoms with Gasteiger partial charge < -0.3 is 4.90 Å². The van der Waals surface area contributed by atoms with Gasteiger partial charge in [0, 0.05) is 31.6 Å². The van der Waals surface area contributed by atoms with E-state index in [1.807, 2.05) is 42.3 Å². The summed E-state index contributed by atoms with van der Waals surface area (Å²) in [7, 11) is 1.83. The van der Waals surface area contributed by atoms with E-state index in [1.165, 1.54) is 0 Å². The number of hydrogen-bond donors (Lipinski definition) is 1. The highest BCUT2D eigenvalue weighted by Crippen LogP contribution is 2.28. The molecule has 3 heterocycles. The normalized spacial score (nSPS) is 17.6. The third-order valence-corrected chi connectivity index (χ3v) is 4.66. The second kappa shape index (κ2) is 6.46. The number of carbonyl (C=O) groups is 1. The lowest BCUT2D eigenvalue weighted by Crippen LogP contribution is -2.39. The second-order valence-corrected chi connectivity index (χ2v) is 6.28. The van der Waals surface area contributed by atoms with Crippen molar-refractivity contribution in [1.29, 1.82) is 0 Å². The molecule has 8 heteroatoms. The molecule has 128 valence electrons. The maximum absolute atomic E-state index is 13.1. The molecule has 1 fully saturated rings. The molecule has 1 atom stereocenters. The molecule has 0 bridgehead atoms. The van der Waals surface area contributed by atoms with Crippen LogP contribution in [-0.2, 0) is 7.05 Å². The average Bonchev–Trinajstić information content (AvgIpc) is 3.31. The third-order valence-electron chi connectivity index (χ3n) is 4.66. The Morgan fingerprint density at radius 1 is 1.28 bits per heavy atom. The molecule has 3 aromatic rings. The second-order valence-electron chi connectivity index (χ2n) is 6.28. The highest BCUT2D eigenvalue weighted by molar-refractivity contribution is 5.99. The predicted molar refractivity (Wildman–Crippen MR) is 90.7 cm³/mol. The van der Waals surface area contributed by atoms with Crippen LogP contribution in [0.2, 0.25) is 0 Å². The van der Waals surface area contributed by atoms with E-state index in [1.54, 1.807) is 10.9 Å². The van der Waals surface area contributed by atoms with Crippen LogP contribution in [0.25, 0.3) is 11.3 Å². The number of amides is 1. The van der Waals surface area contributed by atoms with Crippen LogP contribution in [-0.4, -0.2) is 54.3 Å². The van der Waals surface area contributed by atoms with E-state index in [2.05, 4.69) is 25.7 Å². The number of benzene rings is 1. The largest absolute Gasteiger partial charge is 0.338 e. The summed E-state index contributed by atoms with van der Waals surface area (Å²) >= 11 is 0. The summed E-state index contributed by atoms with van der Waals surface area (Å²) in [4.78, 5) is 14.9. The predicted octanol–water partition coefficient (Wildman–Crippen LogP) is 1.62. The molecule has 1 aromatic carbocycles. The van der Waals surface area contributed by atoms with Gasteiger partial charge in [0.25, 0.3) is 5.91 Å². The summed E-state index contributed by atoms with van der Waals surface area (Å²) in [5, 5.41) is 18.8. The molecule has 0 spiro atoms. The fraction of sp³-hybridized carbons (Fsp3) is 0.353. The Morgan fingerprint density at radius 3 is 2.88 bits per heavy atom. The molecule has 8 nitrogen and oxygen atoms in total. The minimum Gasteiger partial charge on any atom is -0.338 e. The van der Waals surface area contributed by atoms with E-state index in [0.29, 0.717) is 12.1 Å². The van der Waals surface area contributed by atoms with Crippen LogP contribution in [0.3, 0.4) is 0 Å². The molecule has 2 aromatic heterocycles. The first-order valence-corrected chi connectivity index (χ1v) is 8.34. The summed E-state index contributed by atoms with van der Waals surface area (Å²) < 4.78 is 1.69.